The molecule has 2 aromatic rings. The third-order valence-electron chi connectivity index (χ3n) is 7.33. The van der Waals surface area contributed by atoms with E-state index in [9.17, 15) is 4.79 Å². The van der Waals surface area contributed by atoms with Gasteiger partial charge >= 0.3 is 0 Å². The zero-order valence-corrected chi connectivity index (χ0v) is 20.6. The van der Waals surface area contributed by atoms with E-state index in [1.807, 2.05) is 48.5 Å². The highest BCUT2D eigenvalue weighted by atomic mass is 16.5. The summed E-state index contributed by atoms with van der Waals surface area (Å²) in [5.74, 6) is 1.62. The van der Waals surface area contributed by atoms with Crippen molar-refractivity contribution in [1.29, 1.82) is 0 Å². The highest BCUT2D eigenvalue weighted by Gasteiger charge is 2.41. The number of carbonyl (C=O) groups is 1. The topological polar surface area (TPSA) is 60.0 Å². The summed E-state index contributed by atoms with van der Waals surface area (Å²) in [6.07, 6.45) is 6.30. The van der Waals surface area contributed by atoms with E-state index in [0.717, 1.165) is 35.7 Å². The molecular formula is C28H38N2O4. The minimum atomic E-state index is -0.606. The molecule has 0 aliphatic carbocycles. The predicted molar refractivity (Wildman–Crippen MR) is 135 cm³/mol. The number of ether oxygens (including phenoxy) is 3. The minimum Gasteiger partial charge on any atom is -0.497 e. The number of hydrogen-bond donors (Lipinski definition) is 1. The van der Waals surface area contributed by atoms with Gasteiger partial charge in [-0.1, -0.05) is 18.6 Å². The van der Waals surface area contributed by atoms with Crippen molar-refractivity contribution < 1.29 is 19.0 Å². The second-order valence-corrected chi connectivity index (χ2v) is 9.48. The molecule has 1 N–H and O–H groups in total. The van der Waals surface area contributed by atoms with E-state index in [0.29, 0.717) is 38.7 Å². The smallest absolute Gasteiger partial charge is 0.235 e. The zero-order chi connectivity index (χ0) is 23.8. The Hall–Kier alpha value is -2.57. The average Bonchev–Trinajstić information content (AvgIpc) is 2.89. The molecule has 2 fully saturated rings. The van der Waals surface area contributed by atoms with Crippen LogP contribution in [0.5, 0.6) is 11.5 Å². The Bertz CT molecular complexity index is 907. The number of methoxy groups -OCH3 is 1. The van der Waals surface area contributed by atoms with Crippen LogP contribution in [0.25, 0.3) is 0 Å². The van der Waals surface area contributed by atoms with Gasteiger partial charge in [-0.3, -0.25) is 4.79 Å². The van der Waals surface area contributed by atoms with E-state index in [1.165, 1.54) is 25.8 Å². The molecule has 1 atom stereocenters. The maximum atomic E-state index is 13.5. The number of anilines is 1. The van der Waals surface area contributed by atoms with Crippen LogP contribution in [0.1, 0.15) is 51.0 Å². The number of carbonyl (C=O) groups excluding carboxylic acids is 1. The molecule has 0 saturated carbocycles. The van der Waals surface area contributed by atoms with Crippen molar-refractivity contribution in [3.8, 4) is 11.5 Å². The van der Waals surface area contributed by atoms with E-state index < -0.39 is 5.41 Å². The number of hydrogen-bond acceptors (Lipinski definition) is 5. The lowest BCUT2D eigenvalue weighted by atomic mass is 9.73. The van der Waals surface area contributed by atoms with Crippen LogP contribution >= 0.6 is 0 Å². The van der Waals surface area contributed by atoms with Gasteiger partial charge in [-0.05, 0) is 87.5 Å². The summed E-state index contributed by atoms with van der Waals surface area (Å²) in [5, 5.41) is 3.13. The first-order valence-electron chi connectivity index (χ1n) is 12.6. The van der Waals surface area contributed by atoms with Crippen LogP contribution in [0.3, 0.4) is 0 Å². The first kappa shape index (κ1) is 24.6. The number of piperidine rings is 1. The quantitative estimate of drug-likeness (QED) is 0.526. The highest BCUT2D eigenvalue weighted by molar-refractivity contribution is 5.99. The molecule has 1 amide bonds. The molecule has 0 aromatic heterocycles. The first-order chi connectivity index (χ1) is 16.6. The Morgan fingerprint density at radius 1 is 1.06 bits per heavy atom. The molecule has 0 bridgehead atoms. The van der Waals surface area contributed by atoms with E-state index >= 15 is 0 Å². The fourth-order valence-corrected chi connectivity index (χ4v) is 5.11. The van der Waals surface area contributed by atoms with Crippen molar-refractivity contribution in [2.45, 2.75) is 56.9 Å². The lowest BCUT2D eigenvalue weighted by Gasteiger charge is -2.36. The molecular weight excluding hydrogens is 428 g/mol. The third kappa shape index (κ3) is 5.91. The molecule has 2 aliphatic rings. The number of likely N-dealkylation sites (tertiary alicyclic amines) is 1. The van der Waals surface area contributed by atoms with Crippen LogP contribution in [-0.2, 0) is 14.9 Å². The number of rotatable bonds is 9. The monoisotopic (exact) mass is 466 g/mol. The third-order valence-corrected chi connectivity index (χ3v) is 7.33. The highest BCUT2D eigenvalue weighted by Crippen LogP contribution is 2.37. The largest absolute Gasteiger partial charge is 0.497 e. The number of amides is 1. The van der Waals surface area contributed by atoms with Crippen LogP contribution in [0.4, 0.5) is 5.69 Å². The van der Waals surface area contributed by atoms with Gasteiger partial charge in [-0.2, -0.15) is 0 Å². The minimum absolute atomic E-state index is 0.00489. The Morgan fingerprint density at radius 3 is 2.44 bits per heavy atom. The average molecular weight is 467 g/mol. The summed E-state index contributed by atoms with van der Waals surface area (Å²) < 4.78 is 16.8. The van der Waals surface area contributed by atoms with Crippen molar-refractivity contribution in [2.24, 2.45) is 0 Å². The SMILES string of the molecule is COc1ccc(C2(C(=O)Nc3ccc(OCCCN4CCCCC4C)cc3)CCOCC2)cc1. The normalized spacial score (nSPS) is 20.5. The van der Waals surface area contributed by atoms with Gasteiger partial charge < -0.3 is 24.4 Å². The van der Waals surface area contributed by atoms with Crippen molar-refractivity contribution in [3.63, 3.8) is 0 Å². The summed E-state index contributed by atoms with van der Waals surface area (Å²) in [5.41, 5.74) is 1.17. The lowest BCUT2D eigenvalue weighted by Crippen LogP contribution is -2.44. The van der Waals surface area contributed by atoms with Gasteiger partial charge in [0.15, 0.2) is 0 Å². The molecule has 2 aliphatic heterocycles. The second kappa shape index (κ2) is 11.7. The van der Waals surface area contributed by atoms with E-state index in [2.05, 4.69) is 17.1 Å². The lowest BCUT2D eigenvalue weighted by molar-refractivity contribution is -0.125. The molecule has 1 unspecified atom stereocenters. The molecule has 4 rings (SSSR count). The number of nitrogens with one attached hydrogen (secondary N) is 1. The molecule has 34 heavy (non-hydrogen) atoms. The van der Waals surface area contributed by atoms with Gasteiger partial charge in [0, 0.05) is 31.5 Å². The summed E-state index contributed by atoms with van der Waals surface area (Å²) >= 11 is 0. The van der Waals surface area contributed by atoms with Crippen molar-refractivity contribution >= 4 is 11.6 Å². The van der Waals surface area contributed by atoms with Gasteiger partial charge in [0.05, 0.1) is 19.1 Å². The Labute approximate surface area is 203 Å². The number of nitrogens with zero attached hydrogens (tertiary/aromatic N) is 1. The Balaban J connectivity index is 1.32. The van der Waals surface area contributed by atoms with Gasteiger partial charge in [0.25, 0.3) is 0 Å². The summed E-state index contributed by atoms with van der Waals surface area (Å²) in [6, 6.07) is 16.2. The first-order valence-corrected chi connectivity index (χ1v) is 12.6. The van der Waals surface area contributed by atoms with Crippen LogP contribution in [0, 0.1) is 0 Å². The van der Waals surface area contributed by atoms with Crippen molar-refractivity contribution in [2.75, 3.05) is 45.3 Å². The molecule has 184 valence electrons. The van der Waals surface area contributed by atoms with E-state index in [-0.39, 0.29) is 5.91 Å². The summed E-state index contributed by atoms with van der Waals surface area (Å²) in [4.78, 5) is 16.1. The molecule has 2 saturated heterocycles. The van der Waals surface area contributed by atoms with E-state index in [4.69, 9.17) is 14.2 Å². The van der Waals surface area contributed by atoms with Gasteiger partial charge in [0.1, 0.15) is 11.5 Å². The maximum absolute atomic E-state index is 13.5. The fourth-order valence-electron chi connectivity index (χ4n) is 5.11. The van der Waals surface area contributed by atoms with Gasteiger partial charge in [-0.25, -0.2) is 0 Å². The van der Waals surface area contributed by atoms with E-state index in [1.54, 1.807) is 7.11 Å². The van der Waals surface area contributed by atoms with Crippen molar-refractivity contribution in [3.05, 3.63) is 54.1 Å². The zero-order valence-electron chi connectivity index (χ0n) is 20.6. The fraction of sp³-hybridized carbons (Fsp3) is 0.536. The Morgan fingerprint density at radius 2 is 1.76 bits per heavy atom. The van der Waals surface area contributed by atoms with Crippen LogP contribution < -0.4 is 14.8 Å². The Kier molecular flexibility index (Phi) is 8.46. The van der Waals surface area contributed by atoms with Crippen LogP contribution in [0.15, 0.2) is 48.5 Å². The van der Waals surface area contributed by atoms with Gasteiger partial charge in [0.2, 0.25) is 5.91 Å². The molecule has 0 radical (unpaired) electrons. The molecule has 2 heterocycles. The summed E-state index contributed by atoms with van der Waals surface area (Å²) in [7, 11) is 1.65. The van der Waals surface area contributed by atoms with Gasteiger partial charge in [-0.15, -0.1) is 0 Å². The molecule has 0 spiro atoms. The van der Waals surface area contributed by atoms with Crippen LogP contribution in [-0.4, -0.2) is 56.9 Å². The van der Waals surface area contributed by atoms with Crippen LogP contribution in [0.2, 0.25) is 0 Å². The molecule has 6 heteroatoms. The maximum Gasteiger partial charge on any atom is 0.235 e. The summed E-state index contributed by atoms with van der Waals surface area (Å²) in [6.45, 7) is 6.47. The standard InChI is InChI=1S/C28H38N2O4/c1-22-6-3-4-17-30(22)18-5-19-34-26-13-9-24(10-14-26)29-27(31)28(15-20-33-21-16-28)23-7-11-25(32-2)12-8-23/h7-14,22H,3-6,15-21H2,1-2H3,(H,29,31). The number of benzene rings is 2. The second-order valence-electron chi connectivity index (χ2n) is 9.48. The molecule has 2 aromatic carbocycles. The predicted octanol–water partition coefficient (Wildman–Crippen LogP) is 5.03. The molecule has 6 nitrogen and oxygen atoms in total. The van der Waals surface area contributed by atoms with Crippen molar-refractivity contribution in [1.82, 2.24) is 4.90 Å².